The minimum absolute atomic E-state index is 0.206. The van der Waals surface area contributed by atoms with Gasteiger partial charge in [-0.15, -0.1) is 0 Å². The second-order valence-electron chi connectivity index (χ2n) is 6.48. The van der Waals surface area contributed by atoms with Crippen LogP contribution >= 0.6 is 0 Å². The van der Waals surface area contributed by atoms with Crippen LogP contribution in [0.3, 0.4) is 0 Å². The van der Waals surface area contributed by atoms with Gasteiger partial charge in [0.1, 0.15) is 12.1 Å². The smallest absolute Gasteiger partial charge is 0.325 e. The molecule has 0 radical (unpaired) electrons. The number of urea groups is 1. The highest BCUT2D eigenvalue weighted by Crippen LogP contribution is 2.23. The first kappa shape index (κ1) is 15.5. The highest BCUT2D eigenvalue weighted by atomic mass is 16.2. The van der Waals surface area contributed by atoms with Crippen molar-refractivity contribution in [3.05, 3.63) is 35.9 Å². The molecule has 1 heterocycles. The lowest BCUT2D eigenvalue weighted by Gasteiger charge is -2.21. The molecule has 6 heteroatoms. The van der Waals surface area contributed by atoms with Crippen LogP contribution < -0.4 is 10.6 Å². The van der Waals surface area contributed by atoms with Gasteiger partial charge in [-0.25, -0.2) is 4.79 Å². The van der Waals surface area contributed by atoms with Crippen molar-refractivity contribution in [2.24, 2.45) is 0 Å². The molecule has 0 aromatic heterocycles. The van der Waals surface area contributed by atoms with Crippen LogP contribution in [0, 0.1) is 0 Å². The van der Waals surface area contributed by atoms with Crippen LogP contribution in [0.4, 0.5) is 4.79 Å². The third-order valence-electron chi connectivity index (χ3n) is 4.35. The Morgan fingerprint density at radius 1 is 1.30 bits per heavy atom. The Hall–Kier alpha value is -2.37. The van der Waals surface area contributed by atoms with Gasteiger partial charge in [0, 0.05) is 6.04 Å². The fraction of sp³-hybridized carbons (Fsp3) is 0.471. The quantitative estimate of drug-likeness (QED) is 0.775. The number of rotatable bonds is 6. The van der Waals surface area contributed by atoms with E-state index in [2.05, 4.69) is 10.6 Å². The molecule has 1 aromatic rings. The molecule has 0 bridgehead atoms. The first-order valence-electron chi connectivity index (χ1n) is 7.95. The summed E-state index contributed by atoms with van der Waals surface area (Å²) in [6, 6.07) is 9.54. The number of benzene rings is 1. The van der Waals surface area contributed by atoms with E-state index in [1.165, 1.54) is 0 Å². The van der Waals surface area contributed by atoms with Crippen molar-refractivity contribution in [1.29, 1.82) is 0 Å². The molecule has 1 aliphatic carbocycles. The number of amides is 4. The largest absolute Gasteiger partial charge is 0.352 e. The number of imide groups is 1. The first-order chi connectivity index (χ1) is 11.0. The molecule has 1 aromatic carbocycles. The van der Waals surface area contributed by atoms with E-state index in [1.807, 2.05) is 30.3 Å². The molecule has 3 rings (SSSR count). The van der Waals surface area contributed by atoms with Crippen LogP contribution in [-0.2, 0) is 16.0 Å². The van der Waals surface area contributed by atoms with E-state index in [0.717, 1.165) is 23.3 Å². The van der Waals surface area contributed by atoms with E-state index >= 15 is 0 Å². The maximum atomic E-state index is 12.6. The molecule has 0 unspecified atom stereocenters. The predicted octanol–water partition coefficient (Wildman–Crippen LogP) is 1.21. The van der Waals surface area contributed by atoms with Gasteiger partial charge in [-0.1, -0.05) is 30.3 Å². The second kappa shape index (κ2) is 6.02. The van der Waals surface area contributed by atoms with Gasteiger partial charge < -0.3 is 10.6 Å². The van der Waals surface area contributed by atoms with Gasteiger partial charge in [-0.05, 0) is 38.2 Å². The molecule has 2 aliphatic rings. The lowest BCUT2D eigenvalue weighted by Crippen LogP contribution is -2.45. The Labute approximate surface area is 135 Å². The molecule has 1 atom stereocenters. The maximum Gasteiger partial charge on any atom is 0.325 e. The molecule has 23 heavy (non-hydrogen) atoms. The van der Waals surface area contributed by atoms with E-state index in [-0.39, 0.29) is 24.4 Å². The molecule has 2 fully saturated rings. The van der Waals surface area contributed by atoms with Crippen molar-refractivity contribution in [3.8, 4) is 0 Å². The highest BCUT2D eigenvalue weighted by Gasteiger charge is 2.48. The fourth-order valence-electron chi connectivity index (χ4n) is 2.74. The Morgan fingerprint density at radius 2 is 2.00 bits per heavy atom. The van der Waals surface area contributed by atoms with Crippen molar-refractivity contribution in [3.63, 3.8) is 0 Å². The highest BCUT2D eigenvalue weighted by molar-refractivity contribution is 6.08. The van der Waals surface area contributed by atoms with Gasteiger partial charge in [0.05, 0.1) is 0 Å². The van der Waals surface area contributed by atoms with E-state index in [1.54, 1.807) is 6.92 Å². The van der Waals surface area contributed by atoms with Crippen LogP contribution in [0.25, 0.3) is 0 Å². The topological polar surface area (TPSA) is 78.5 Å². The van der Waals surface area contributed by atoms with E-state index < -0.39 is 11.6 Å². The van der Waals surface area contributed by atoms with Crippen molar-refractivity contribution >= 4 is 17.8 Å². The van der Waals surface area contributed by atoms with Crippen molar-refractivity contribution in [1.82, 2.24) is 15.5 Å². The van der Waals surface area contributed by atoms with Crippen molar-refractivity contribution in [2.75, 3.05) is 6.54 Å². The van der Waals surface area contributed by atoms with Crippen LogP contribution in [0.15, 0.2) is 30.3 Å². The molecule has 6 nitrogen and oxygen atoms in total. The van der Waals surface area contributed by atoms with Crippen LogP contribution in [0.2, 0.25) is 0 Å². The summed E-state index contributed by atoms with van der Waals surface area (Å²) in [7, 11) is 0. The second-order valence-corrected chi connectivity index (χ2v) is 6.48. The Bertz CT molecular complexity index is 627. The summed E-state index contributed by atoms with van der Waals surface area (Å²) >= 11 is 0. The number of hydrogen-bond acceptors (Lipinski definition) is 3. The van der Waals surface area contributed by atoms with Gasteiger partial charge in [-0.3, -0.25) is 14.5 Å². The minimum Gasteiger partial charge on any atom is -0.352 e. The third-order valence-corrected chi connectivity index (χ3v) is 4.35. The Balaban J connectivity index is 1.60. The summed E-state index contributed by atoms with van der Waals surface area (Å²) in [5.74, 6) is -0.604. The van der Waals surface area contributed by atoms with E-state index in [0.29, 0.717) is 12.8 Å². The number of carbonyl (C=O) groups excluding carboxylic acids is 3. The molecule has 1 saturated carbocycles. The summed E-state index contributed by atoms with van der Waals surface area (Å²) in [6.45, 7) is 1.51. The van der Waals surface area contributed by atoms with Crippen LogP contribution in [0.1, 0.15) is 31.7 Å². The normalized spacial score (nSPS) is 23.8. The average Bonchev–Trinajstić information content (AvgIpc) is 3.31. The molecule has 2 N–H and O–H groups in total. The number of hydrogen-bond donors (Lipinski definition) is 2. The zero-order chi connectivity index (χ0) is 16.4. The van der Waals surface area contributed by atoms with Gasteiger partial charge >= 0.3 is 6.03 Å². The molecule has 1 saturated heterocycles. The molecular weight excluding hydrogens is 294 g/mol. The lowest BCUT2D eigenvalue weighted by atomic mass is 9.93. The number of aryl methyl sites for hydroxylation is 1. The molecule has 1 aliphatic heterocycles. The Morgan fingerprint density at radius 3 is 2.65 bits per heavy atom. The molecular formula is C17H21N3O3. The van der Waals surface area contributed by atoms with E-state index in [9.17, 15) is 14.4 Å². The van der Waals surface area contributed by atoms with Gasteiger partial charge in [0.25, 0.3) is 5.91 Å². The van der Waals surface area contributed by atoms with Crippen LogP contribution in [0.5, 0.6) is 0 Å². The van der Waals surface area contributed by atoms with Gasteiger partial charge in [-0.2, -0.15) is 0 Å². The van der Waals surface area contributed by atoms with E-state index in [4.69, 9.17) is 0 Å². The summed E-state index contributed by atoms with van der Waals surface area (Å²) in [5.41, 5.74) is 0.160. The summed E-state index contributed by atoms with van der Waals surface area (Å²) in [5, 5.41) is 5.53. The zero-order valence-corrected chi connectivity index (χ0v) is 13.2. The molecule has 0 spiro atoms. The number of carbonyl (C=O) groups is 3. The molecule has 122 valence electrons. The maximum absolute atomic E-state index is 12.6. The predicted molar refractivity (Wildman–Crippen MR) is 84.6 cm³/mol. The Kier molecular flexibility index (Phi) is 4.07. The van der Waals surface area contributed by atoms with Gasteiger partial charge in [0.15, 0.2) is 0 Å². The average molecular weight is 315 g/mol. The minimum atomic E-state index is -0.952. The number of nitrogens with zero attached hydrogens (tertiary/aromatic N) is 1. The summed E-state index contributed by atoms with van der Waals surface area (Å²) in [6.07, 6.45) is 3.13. The summed E-state index contributed by atoms with van der Waals surface area (Å²) in [4.78, 5) is 37.5. The van der Waals surface area contributed by atoms with Gasteiger partial charge in [0.2, 0.25) is 5.91 Å². The van der Waals surface area contributed by atoms with Crippen molar-refractivity contribution < 1.29 is 14.4 Å². The standard InChI is InChI=1S/C17H21N3O3/c1-17(10-9-12-5-3-2-4-6-12)15(22)20(16(23)19-17)11-14(21)18-13-7-8-13/h2-6,13H,7-11H2,1H3,(H,18,21)(H,19,23)/t17-/m0/s1. The lowest BCUT2D eigenvalue weighted by molar-refractivity contribution is -0.134. The summed E-state index contributed by atoms with van der Waals surface area (Å²) < 4.78 is 0. The first-order valence-corrected chi connectivity index (χ1v) is 7.95. The number of nitrogens with one attached hydrogen (secondary N) is 2. The SMILES string of the molecule is C[C@@]1(CCc2ccccc2)NC(=O)N(CC(=O)NC2CC2)C1=O. The monoisotopic (exact) mass is 315 g/mol. The fourth-order valence-corrected chi connectivity index (χ4v) is 2.74. The third kappa shape index (κ3) is 3.52. The molecule has 4 amide bonds. The van der Waals surface area contributed by atoms with Crippen molar-refractivity contribution in [2.45, 2.75) is 44.2 Å². The zero-order valence-electron chi connectivity index (χ0n) is 13.2. The van der Waals surface area contributed by atoms with Crippen LogP contribution in [-0.4, -0.2) is 40.9 Å².